The highest BCUT2D eigenvalue weighted by atomic mass is 16.5. The van der Waals surface area contributed by atoms with Gasteiger partial charge in [-0.1, -0.05) is 18.2 Å². The zero-order valence-electron chi connectivity index (χ0n) is 14.9. The van der Waals surface area contributed by atoms with Gasteiger partial charge in [0.15, 0.2) is 0 Å². The third kappa shape index (κ3) is 3.52. The standard InChI is InChI=1S/C19H22N4O3/c1-3-22-12-15(18(24)20-10-7-11-26-2)17-16(13-22)19(25)23(21-17)14-8-5-4-6-9-14/h4-6,8-9,12-13H,3,7,10-11H2,1-2H3,(H,20,24). The normalized spacial score (nSPS) is 11.0. The summed E-state index contributed by atoms with van der Waals surface area (Å²) >= 11 is 0. The zero-order valence-corrected chi connectivity index (χ0v) is 14.9. The Morgan fingerprint density at radius 3 is 2.69 bits per heavy atom. The summed E-state index contributed by atoms with van der Waals surface area (Å²) in [4.78, 5) is 25.4. The molecule has 1 aromatic rings. The molecule has 0 fully saturated rings. The van der Waals surface area contributed by atoms with Crippen molar-refractivity contribution in [3.63, 3.8) is 0 Å². The van der Waals surface area contributed by atoms with Crippen LogP contribution in [0, 0.1) is 0 Å². The smallest absolute Gasteiger partial charge is 0.282 e. The molecule has 0 spiro atoms. The van der Waals surface area contributed by atoms with Crippen molar-refractivity contribution in [1.82, 2.24) is 19.7 Å². The van der Waals surface area contributed by atoms with E-state index in [2.05, 4.69) is 10.4 Å². The van der Waals surface area contributed by atoms with E-state index in [-0.39, 0.29) is 11.5 Å². The zero-order chi connectivity index (χ0) is 18.5. The van der Waals surface area contributed by atoms with E-state index >= 15 is 0 Å². The number of ether oxygens (including phenoxy) is 1. The minimum absolute atomic E-state index is 0.234. The van der Waals surface area contributed by atoms with Crippen molar-refractivity contribution < 1.29 is 9.53 Å². The van der Waals surface area contributed by atoms with Crippen molar-refractivity contribution in [3.05, 3.63) is 58.6 Å². The maximum absolute atomic E-state index is 12.8. The van der Waals surface area contributed by atoms with Crippen LogP contribution in [0.25, 0.3) is 16.9 Å². The molecule has 26 heavy (non-hydrogen) atoms. The van der Waals surface area contributed by atoms with Crippen LogP contribution in [0.4, 0.5) is 0 Å². The summed E-state index contributed by atoms with van der Waals surface area (Å²) in [6, 6.07) is 9.19. The molecule has 2 heterocycles. The molecule has 2 aliphatic heterocycles. The van der Waals surface area contributed by atoms with Gasteiger partial charge in [-0.15, -0.1) is 0 Å². The summed E-state index contributed by atoms with van der Waals surface area (Å²) < 4.78 is 8.16. The van der Waals surface area contributed by atoms with Crippen LogP contribution >= 0.6 is 0 Å². The Labute approximate surface area is 151 Å². The fraction of sp³-hybridized carbons (Fsp3) is 0.316. The highest BCUT2D eigenvalue weighted by Gasteiger charge is 2.24. The molecule has 0 aromatic heterocycles. The van der Waals surface area contributed by atoms with E-state index in [4.69, 9.17) is 4.74 Å². The number of carbonyl (C=O) groups excluding carboxylic acids is 1. The molecular formula is C19H22N4O3. The summed E-state index contributed by atoms with van der Waals surface area (Å²) in [6.45, 7) is 3.68. The van der Waals surface area contributed by atoms with Gasteiger partial charge in [-0.05, 0) is 25.5 Å². The Kier molecular flexibility index (Phi) is 5.48. The topological polar surface area (TPSA) is 78.2 Å². The largest absolute Gasteiger partial charge is 0.385 e. The van der Waals surface area contributed by atoms with Gasteiger partial charge in [0.05, 0.1) is 16.8 Å². The number of hydrogen-bond acceptors (Lipinski definition) is 4. The molecule has 7 heteroatoms. The fourth-order valence-electron chi connectivity index (χ4n) is 2.77. The van der Waals surface area contributed by atoms with Gasteiger partial charge >= 0.3 is 0 Å². The molecule has 0 saturated carbocycles. The van der Waals surface area contributed by atoms with Gasteiger partial charge in [0, 0.05) is 39.2 Å². The second-order valence-electron chi connectivity index (χ2n) is 5.92. The highest BCUT2D eigenvalue weighted by Crippen LogP contribution is 2.22. The predicted octanol–water partition coefficient (Wildman–Crippen LogP) is 1.92. The van der Waals surface area contributed by atoms with E-state index in [0.29, 0.717) is 42.2 Å². The molecule has 0 atom stereocenters. The van der Waals surface area contributed by atoms with E-state index < -0.39 is 0 Å². The average molecular weight is 354 g/mol. The van der Waals surface area contributed by atoms with Crippen LogP contribution in [0.2, 0.25) is 0 Å². The van der Waals surface area contributed by atoms with Crippen LogP contribution in [0.3, 0.4) is 0 Å². The molecule has 0 bridgehead atoms. The second-order valence-corrected chi connectivity index (χ2v) is 5.92. The van der Waals surface area contributed by atoms with E-state index in [9.17, 15) is 9.59 Å². The Morgan fingerprint density at radius 1 is 1.23 bits per heavy atom. The highest BCUT2D eigenvalue weighted by molar-refractivity contribution is 5.99. The van der Waals surface area contributed by atoms with Crippen molar-refractivity contribution in [2.24, 2.45) is 0 Å². The predicted molar refractivity (Wildman–Crippen MR) is 98.9 cm³/mol. The summed E-state index contributed by atoms with van der Waals surface area (Å²) in [5, 5.41) is 7.29. The average Bonchev–Trinajstić information content (AvgIpc) is 3.01. The van der Waals surface area contributed by atoms with Crippen molar-refractivity contribution >= 4 is 5.91 Å². The van der Waals surface area contributed by atoms with Gasteiger partial charge in [-0.2, -0.15) is 9.78 Å². The first-order chi connectivity index (χ1) is 12.7. The number of hydrogen-bond donors (Lipinski definition) is 1. The number of amides is 1. The first-order valence-electron chi connectivity index (χ1n) is 8.61. The molecular weight excluding hydrogens is 332 g/mol. The molecule has 0 aliphatic carbocycles. The van der Waals surface area contributed by atoms with Crippen molar-refractivity contribution in [1.29, 1.82) is 0 Å². The Balaban J connectivity index is 2.03. The monoisotopic (exact) mass is 354 g/mol. The number of rotatable bonds is 7. The van der Waals surface area contributed by atoms with Gasteiger partial charge in [0.1, 0.15) is 5.69 Å². The number of aryl methyl sites for hydroxylation is 1. The van der Waals surface area contributed by atoms with Gasteiger partial charge in [0.25, 0.3) is 11.5 Å². The molecule has 0 unspecified atom stereocenters. The van der Waals surface area contributed by atoms with Gasteiger partial charge in [-0.25, -0.2) is 0 Å². The molecule has 1 amide bonds. The van der Waals surface area contributed by atoms with E-state index in [0.717, 1.165) is 6.42 Å². The third-order valence-corrected chi connectivity index (χ3v) is 4.14. The van der Waals surface area contributed by atoms with Crippen LogP contribution in [0.15, 0.2) is 47.5 Å². The van der Waals surface area contributed by atoms with E-state index in [1.807, 2.05) is 41.8 Å². The number of carbonyl (C=O) groups is 1. The number of methoxy groups -OCH3 is 1. The molecule has 3 rings (SSSR count). The summed E-state index contributed by atoms with van der Waals surface area (Å²) in [5.41, 5.74) is 1.67. The summed E-state index contributed by atoms with van der Waals surface area (Å²) in [5.74, 6) is -0.244. The lowest BCUT2D eigenvalue weighted by Crippen LogP contribution is -2.26. The van der Waals surface area contributed by atoms with E-state index in [1.165, 1.54) is 4.68 Å². The first kappa shape index (κ1) is 17.9. The van der Waals surface area contributed by atoms with Gasteiger partial charge < -0.3 is 14.6 Å². The molecule has 136 valence electrons. The van der Waals surface area contributed by atoms with Gasteiger partial charge in [-0.3, -0.25) is 9.59 Å². The lowest BCUT2D eigenvalue weighted by atomic mass is 10.1. The van der Waals surface area contributed by atoms with E-state index in [1.54, 1.807) is 19.5 Å². The maximum atomic E-state index is 12.8. The molecule has 0 saturated heterocycles. The van der Waals surface area contributed by atoms with Crippen LogP contribution in [-0.2, 0) is 11.3 Å². The number of nitrogens with one attached hydrogen (secondary N) is 1. The summed E-state index contributed by atoms with van der Waals surface area (Å²) in [6.07, 6.45) is 4.19. The minimum Gasteiger partial charge on any atom is -0.385 e. The van der Waals surface area contributed by atoms with Crippen LogP contribution in [0.5, 0.6) is 0 Å². The Hall–Kier alpha value is -2.93. The number of benzene rings is 1. The quantitative estimate of drug-likeness (QED) is 0.658. The Bertz CT molecular complexity index is 914. The number of nitrogens with zero attached hydrogens (tertiary/aromatic N) is 3. The fourth-order valence-corrected chi connectivity index (χ4v) is 2.77. The molecule has 1 aromatic carbocycles. The molecule has 1 N–H and O–H groups in total. The lowest BCUT2D eigenvalue weighted by molar-refractivity contribution is 0.0948. The number of para-hydroxylation sites is 1. The van der Waals surface area contributed by atoms with Crippen molar-refractivity contribution in [2.45, 2.75) is 19.9 Å². The molecule has 0 radical (unpaired) electrons. The van der Waals surface area contributed by atoms with Crippen LogP contribution in [-0.4, -0.2) is 40.5 Å². The maximum Gasteiger partial charge on any atom is 0.282 e. The summed E-state index contributed by atoms with van der Waals surface area (Å²) in [7, 11) is 1.62. The number of aromatic nitrogens is 3. The molecule has 2 aliphatic rings. The SMILES string of the molecule is CCn1cc(C(=O)NCCCOC)c2nn(-c3ccccc3)c(=O)c-2c1. The Morgan fingerprint density at radius 2 is 2.00 bits per heavy atom. The van der Waals surface area contributed by atoms with Crippen molar-refractivity contribution in [2.75, 3.05) is 20.3 Å². The van der Waals surface area contributed by atoms with Crippen molar-refractivity contribution in [3.8, 4) is 16.9 Å². The minimum atomic E-state index is -0.244. The number of fused-ring (bicyclic) bond motifs is 1. The first-order valence-corrected chi connectivity index (χ1v) is 8.61. The van der Waals surface area contributed by atoms with Gasteiger partial charge in [0.2, 0.25) is 0 Å². The van der Waals surface area contributed by atoms with Crippen LogP contribution in [0.1, 0.15) is 23.7 Å². The second kappa shape index (κ2) is 7.97. The third-order valence-electron chi connectivity index (χ3n) is 4.14. The molecule has 7 nitrogen and oxygen atoms in total. The van der Waals surface area contributed by atoms with Crippen LogP contribution < -0.4 is 10.9 Å². The lowest BCUT2D eigenvalue weighted by Gasteiger charge is -2.11. The number of pyridine rings is 1.